The predicted octanol–water partition coefficient (Wildman–Crippen LogP) is 8.56. The summed E-state index contributed by atoms with van der Waals surface area (Å²) in [5.74, 6) is 2.50. The Balaban J connectivity index is 0.00000380. The molecule has 0 saturated heterocycles. The Morgan fingerprint density at radius 1 is 0.703 bits per heavy atom. The highest BCUT2D eigenvalue weighted by atomic mass is 79.9. The van der Waals surface area contributed by atoms with Crippen molar-refractivity contribution in [1.29, 1.82) is 0 Å². The van der Waals surface area contributed by atoms with E-state index in [-0.39, 0.29) is 17.0 Å². The summed E-state index contributed by atoms with van der Waals surface area (Å²) in [6.07, 6.45) is 0. The van der Waals surface area contributed by atoms with Crippen molar-refractivity contribution in [3.05, 3.63) is 125 Å². The van der Waals surface area contributed by atoms with Crippen LogP contribution in [0.25, 0.3) is 0 Å². The Bertz CT molecular complexity index is 1200. The summed E-state index contributed by atoms with van der Waals surface area (Å²) < 4.78 is 10.7. The lowest BCUT2D eigenvalue weighted by Gasteiger charge is -2.26. The zero-order valence-corrected chi connectivity index (χ0v) is 24.1. The van der Waals surface area contributed by atoms with Gasteiger partial charge in [-0.25, -0.2) is 4.99 Å². The lowest BCUT2D eigenvalue weighted by atomic mass is 10.1. The van der Waals surface area contributed by atoms with Crippen molar-refractivity contribution in [2.45, 2.75) is 18.8 Å². The summed E-state index contributed by atoms with van der Waals surface area (Å²) in [6.45, 7) is 1.40. The van der Waals surface area contributed by atoms with Crippen molar-refractivity contribution in [2.24, 2.45) is 4.99 Å². The van der Waals surface area contributed by atoms with Crippen LogP contribution in [0.1, 0.15) is 16.7 Å². The van der Waals surface area contributed by atoms with Gasteiger partial charge in [0.2, 0.25) is 0 Å². The monoisotopic (exact) mass is 596 g/mol. The SMILES string of the molecule is Br.COc1ccc(CN(Cc2ccc(OC)cc2)C(=Nc2ccc(Cl)cc2)SCc2ccccc2)cc1. The Morgan fingerprint density at radius 2 is 1.22 bits per heavy atom. The van der Waals surface area contributed by atoms with E-state index in [1.807, 2.05) is 54.6 Å². The van der Waals surface area contributed by atoms with E-state index in [9.17, 15) is 0 Å². The van der Waals surface area contributed by atoms with Crippen LogP contribution in [0.5, 0.6) is 11.5 Å². The molecule has 0 N–H and O–H groups in total. The fraction of sp³-hybridized carbons (Fsp3) is 0.167. The van der Waals surface area contributed by atoms with E-state index in [1.165, 1.54) is 16.7 Å². The van der Waals surface area contributed by atoms with Crippen molar-refractivity contribution < 1.29 is 9.47 Å². The summed E-state index contributed by atoms with van der Waals surface area (Å²) in [7, 11) is 3.37. The summed E-state index contributed by atoms with van der Waals surface area (Å²) in [5, 5.41) is 1.63. The Kier molecular flexibility index (Phi) is 11.4. The molecule has 0 aliphatic carbocycles. The Morgan fingerprint density at radius 3 is 1.70 bits per heavy atom. The minimum absolute atomic E-state index is 0. The van der Waals surface area contributed by atoms with Gasteiger partial charge in [-0.2, -0.15) is 0 Å². The number of methoxy groups -OCH3 is 2. The number of nitrogens with zero attached hydrogens (tertiary/aromatic N) is 2. The van der Waals surface area contributed by atoms with Crippen LogP contribution in [0.2, 0.25) is 5.02 Å². The van der Waals surface area contributed by atoms with Gasteiger partial charge in [0.1, 0.15) is 11.5 Å². The number of benzene rings is 4. The summed E-state index contributed by atoms with van der Waals surface area (Å²) in [6, 6.07) is 34.5. The molecule has 0 spiro atoms. The summed E-state index contributed by atoms with van der Waals surface area (Å²) in [5.41, 5.74) is 4.46. The number of halogens is 2. The molecule has 37 heavy (non-hydrogen) atoms. The van der Waals surface area contributed by atoms with Crippen LogP contribution in [0, 0.1) is 0 Å². The molecular weight excluding hydrogens is 568 g/mol. The van der Waals surface area contributed by atoms with Gasteiger partial charge in [-0.1, -0.05) is 78.0 Å². The first-order valence-corrected chi connectivity index (χ1v) is 13.0. The van der Waals surface area contributed by atoms with Gasteiger partial charge in [-0.15, -0.1) is 17.0 Å². The van der Waals surface area contributed by atoms with Gasteiger partial charge in [0.05, 0.1) is 19.9 Å². The molecule has 0 aromatic heterocycles. The molecule has 0 bridgehead atoms. The van der Waals surface area contributed by atoms with Crippen molar-refractivity contribution in [3.8, 4) is 11.5 Å². The predicted molar refractivity (Wildman–Crippen MR) is 162 cm³/mol. The molecule has 0 saturated carbocycles. The standard InChI is InChI=1S/C30H29ClN2O2S.BrH/c1-34-28-16-8-23(9-17-28)20-33(21-24-10-18-29(35-2)19-11-24)30(32-27-14-12-26(31)13-15-27)36-22-25-6-4-3-5-7-25;/h3-19H,20-22H2,1-2H3;1H. The molecule has 4 aromatic rings. The molecule has 7 heteroatoms. The highest BCUT2D eigenvalue weighted by Gasteiger charge is 2.15. The third-order valence-corrected chi connectivity index (χ3v) is 6.93. The molecule has 192 valence electrons. The van der Waals surface area contributed by atoms with Crippen LogP contribution in [-0.4, -0.2) is 24.3 Å². The topological polar surface area (TPSA) is 34.1 Å². The molecule has 4 rings (SSSR count). The fourth-order valence-corrected chi connectivity index (χ4v) is 4.73. The van der Waals surface area contributed by atoms with Crippen molar-refractivity contribution in [1.82, 2.24) is 4.90 Å². The molecule has 0 aliphatic heterocycles. The van der Waals surface area contributed by atoms with Gasteiger partial charge < -0.3 is 14.4 Å². The molecule has 0 heterocycles. The van der Waals surface area contributed by atoms with E-state index in [0.29, 0.717) is 18.1 Å². The molecule has 0 unspecified atom stereocenters. The van der Waals surface area contributed by atoms with Gasteiger partial charge in [0, 0.05) is 23.9 Å². The van der Waals surface area contributed by atoms with Crippen molar-refractivity contribution in [3.63, 3.8) is 0 Å². The van der Waals surface area contributed by atoms with Crippen LogP contribution < -0.4 is 9.47 Å². The second-order valence-corrected chi connectivity index (χ2v) is 9.58. The van der Waals surface area contributed by atoms with Gasteiger partial charge in [0.15, 0.2) is 5.17 Å². The van der Waals surface area contributed by atoms with E-state index in [0.717, 1.165) is 28.1 Å². The number of thioether (sulfide) groups is 1. The molecule has 0 aliphatic rings. The molecule has 4 nitrogen and oxygen atoms in total. The third-order valence-electron chi connectivity index (χ3n) is 5.60. The maximum atomic E-state index is 6.13. The average molecular weight is 598 g/mol. The molecule has 0 radical (unpaired) electrons. The zero-order chi connectivity index (χ0) is 25.2. The van der Waals surface area contributed by atoms with E-state index in [4.69, 9.17) is 26.1 Å². The first-order chi connectivity index (χ1) is 17.6. The van der Waals surface area contributed by atoms with E-state index < -0.39 is 0 Å². The van der Waals surface area contributed by atoms with Crippen LogP contribution in [0.4, 0.5) is 5.69 Å². The summed E-state index contributed by atoms with van der Waals surface area (Å²) >= 11 is 7.86. The zero-order valence-electron chi connectivity index (χ0n) is 20.8. The van der Waals surface area contributed by atoms with Crippen molar-refractivity contribution >= 4 is 51.2 Å². The smallest absolute Gasteiger partial charge is 0.165 e. The maximum Gasteiger partial charge on any atom is 0.165 e. The first-order valence-electron chi connectivity index (χ1n) is 11.6. The molecule has 4 aromatic carbocycles. The second kappa shape index (κ2) is 14.7. The lowest BCUT2D eigenvalue weighted by molar-refractivity contribution is 0.405. The minimum Gasteiger partial charge on any atom is -0.497 e. The highest BCUT2D eigenvalue weighted by molar-refractivity contribution is 8.93. The van der Waals surface area contributed by atoms with Gasteiger partial charge >= 0.3 is 0 Å². The van der Waals surface area contributed by atoms with Crippen molar-refractivity contribution in [2.75, 3.05) is 14.2 Å². The maximum absolute atomic E-state index is 6.13. The molecule has 0 amide bonds. The van der Waals surface area contributed by atoms with E-state index in [1.54, 1.807) is 26.0 Å². The van der Waals surface area contributed by atoms with Gasteiger partial charge in [0.25, 0.3) is 0 Å². The van der Waals surface area contributed by atoms with Gasteiger partial charge in [-0.3, -0.25) is 0 Å². The Hall–Kier alpha value is -2.93. The molecule has 0 atom stereocenters. The number of hydrogen-bond acceptors (Lipinski definition) is 4. The Labute approximate surface area is 239 Å². The van der Waals surface area contributed by atoms with E-state index in [2.05, 4.69) is 53.4 Å². The number of amidine groups is 1. The van der Waals surface area contributed by atoms with Crippen LogP contribution >= 0.6 is 40.3 Å². The van der Waals surface area contributed by atoms with Crippen LogP contribution in [0.3, 0.4) is 0 Å². The average Bonchev–Trinajstić information content (AvgIpc) is 2.93. The number of aliphatic imine (C=N–C) groups is 1. The molecule has 0 fully saturated rings. The minimum atomic E-state index is 0. The summed E-state index contributed by atoms with van der Waals surface area (Å²) in [4.78, 5) is 7.38. The normalized spacial score (nSPS) is 10.9. The second-order valence-electron chi connectivity index (χ2n) is 8.20. The number of hydrogen-bond donors (Lipinski definition) is 0. The van der Waals surface area contributed by atoms with Gasteiger partial charge in [-0.05, 0) is 65.2 Å². The van der Waals surface area contributed by atoms with Crippen LogP contribution in [0.15, 0.2) is 108 Å². The molecular formula is C30H30BrClN2O2S. The van der Waals surface area contributed by atoms with E-state index >= 15 is 0 Å². The lowest BCUT2D eigenvalue weighted by Crippen LogP contribution is -2.28. The first kappa shape index (κ1) is 28.6. The number of ether oxygens (including phenoxy) is 2. The quantitative estimate of drug-likeness (QED) is 0.143. The number of rotatable bonds is 9. The highest BCUT2D eigenvalue weighted by Crippen LogP contribution is 2.26. The van der Waals surface area contributed by atoms with Crippen LogP contribution in [-0.2, 0) is 18.8 Å². The third kappa shape index (κ3) is 8.85. The largest absolute Gasteiger partial charge is 0.497 e. The fourth-order valence-electron chi connectivity index (χ4n) is 3.64.